The van der Waals surface area contributed by atoms with E-state index in [1.54, 1.807) is 24.3 Å². The van der Waals surface area contributed by atoms with Gasteiger partial charge in [0.05, 0.1) is 18.4 Å². The van der Waals surface area contributed by atoms with E-state index in [9.17, 15) is 9.59 Å². The SMILES string of the molecule is COC(=O)C(OC(C)(C)C)c1c(Br)c(NC(=S)NC(=O)c2ccccc2)c(-c2ccc(C)c(C)c2)c(C)c1-c1ccc(C)c(C)c1. The number of benzene rings is 4. The highest BCUT2D eigenvalue weighted by molar-refractivity contribution is 9.10. The minimum atomic E-state index is -1.09. The quantitative estimate of drug-likeness (QED) is 0.148. The Kier molecular flexibility index (Phi) is 10.9. The summed E-state index contributed by atoms with van der Waals surface area (Å²) in [5.41, 5.74) is 10.0. The Bertz CT molecular complexity index is 1810. The van der Waals surface area contributed by atoms with Crippen LogP contribution in [0.1, 0.15) is 70.6 Å². The maximum absolute atomic E-state index is 13.6. The molecule has 0 saturated heterocycles. The standard InChI is InChI=1S/C38H41BrN2O4S/c1-21-15-17-27(19-23(21)3)29-25(5)30(28-18-16-22(2)24(4)20-28)33(40-37(46)41-35(42)26-13-11-10-12-14-26)32(39)31(29)34(36(43)44-9)45-38(6,7)8/h10-20,34H,1-9H3,(H2,40,41,42,46). The van der Waals surface area contributed by atoms with Gasteiger partial charge in [0, 0.05) is 21.2 Å². The summed E-state index contributed by atoms with van der Waals surface area (Å²) < 4.78 is 12.3. The first-order valence-electron chi connectivity index (χ1n) is 15.1. The van der Waals surface area contributed by atoms with Crippen LogP contribution in [0, 0.1) is 34.6 Å². The molecule has 0 radical (unpaired) electrons. The molecule has 0 aliphatic rings. The molecule has 0 bridgehead atoms. The van der Waals surface area contributed by atoms with Gasteiger partial charge in [-0.05, 0) is 140 Å². The number of carbonyl (C=O) groups excluding carboxylic acids is 2. The fourth-order valence-corrected chi connectivity index (χ4v) is 6.25. The summed E-state index contributed by atoms with van der Waals surface area (Å²) in [4.78, 5) is 26.6. The lowest BCUT2D eigenvalue weighted by Crippen LogP contribution is -2.34. The Labute approximate surface area is 286 Å². The Morgan fingerprint density at radius 2 is 1.35 bits per heavy atom. The van der Waals surface area contributed by atoms with E-state index >= 15 is 0 Å². The van der Waals surface area contributed by atoms with Crippen LogP contribution in [0.15, 0.2) is 71.2 Å². The van der Waals surface area contributed by atoms with Crippen molar-refractivity contribution in [3.8, 4) is 22.3 Å². The van der Waals surface area contributed by atoms with Crippen molar-refractivity contribution < 1.29 is 19.1 Å². The molecule has 0 saturated carbocycles. The van der Waals surface area contributed by atoms with E-state index < -0.39 is 17.7 Å². The number of hydrogen-bond donors (Lipinski definition) is 2. The number of methoxy groups -OCH3 is 1. The zero-order chi connectivity index (χ0) is 33.9. The summed E-state index contributed by atoms with van der Waals surface area (Å²) in [7, 11) is 1.36. The highest BCUT2D eigenvalue weighted by atomic mass is 79.9. The molecule has 0 aliphatic heterocycles. The summed E-state index contributed by atoms with van der Waals surface area (Å²) in [6.07, 6.45) is -1.09. The Balaban J connectivity index is 2.07. The number of nitrogens with one attached hydrogen (secondary N) is 2. The van der Waals surface area contributed by atoms with Gasteiger partial charge in [0.15, 0.2) is 11.2 Å². The van der Waals surface area contributed by atoms with Crippen LogP contribution in [-0.2, 0) is 14.3 Å². The topological polar surface area (TPSA) is 76.7 Å². The number of carbonyl (C=O) groups is 2. The third-order valence-electron chi connectivity index (χ3n) is 7.97. The van der Waals surface area contributed by atoms with Gasteiger partial charge in [-0.2, -0.15) is 0 Å². The van der Waals surface area contributed by atoms with E-state index in [2.05, 4.69) is 90.7 Å². The number of ether oxygens (including phenoxy) is 2. The second kappa shape index (κ2) is 14.3. The van der Waals surface area contributed by atoms with Crippen molar-refractivity contribution in [2.45, 2.75) is 67.1 Å². The van der Waals surface area contributed by atoms with Gasteiger partial charge in [0.25, 0.3) is 5.91 Å². The Morgan fingerprint density at radius 1 is 0.804 bits per heavy atom. The average Bonchev–Trinajstić information content (AvgIpc) is 3.00. The summed E-state index contributed by atoms with van der Waals surface area (Å²) in [6, 6.07) is 21.4. The lowest BCUT2D eigenvalue weighted by atomic mass is 9.84. The average molecular weight is 702 g/mol. The van der Waals surface area contributed by atoms with Gasteiger partial charge in [-0.15, -0.1) is 0 Å². The van der Waals surface area contributed by atoms with Crippen molar-refractivity contribution in [2.75, 3.05) is 12.4 Å². The van der Waals surface area contributed by atoms with E-state index in [-0.39, 0.29) is 11.0 Å². The van der Waals surface area contributed by atoms with Crippen LogP contribution in [0.3, 0.4) is 0 Å². The number of hydrogen-bond acceptors (Lipinski definition) is 5. The molecule has 0 fully saturated rings. The molecule has 240 valence electrons. The van der Waals surface area contributed by atoms with E-state index in [1.807, 2.05) is 33.8 Å². The van der Waals surface area contributed by atoms with Crippen LogP contribution < -0.4 is 10.6 Å². The van der Waals surface area contributed by atoms with Crippen molar-refractivity contribution in [2.24, 2.45) is 0 Å². The van der Waals surface area contributed by atoms with Gasteiger partial charge in [0.2, 0.25) is 0 Å². The maximum atomic E-state index is 13.6. The molecule has 46 heavy (non-hydrogen) atoms. The predicted molar refractivity (Wildman–Crippen MR) is 194 cm³/mol. The molecule has 1 atom stereocenters. The normalized spacial score (nSPS) is 12.0. The first-order chi connectivity index (χ1) is 21.6. The fraction of sp³-hybridized carbons (Fsp3) is 0.289. The van der Waals surface area contributed by atoms with Crippen LogP contribution in [0.25, 0.3) is 22.3 Å². The van der Waals surface area contributed by atoms with Crippen LogP contribution in [0.2, 0.25) is 0 Å². The van der Waals surface area contributed by atoms with Gasteiger partial charge in [0.1, 0.15) is 0 Å². The van der Waals surface area contributed by atoms with Crippen molar-refractivity contribution >= 4 is 50.8 Å². The lowest BCUT2D eigenvalue weighted by molar-refractivity contribution is -0.164. The summed E-state index contributed by atoms with van der Waals surface area (Å²) in [6.45, 7) is 16.0. The number of aryl methyl sites for hydroxylation is 4. The zero-order valence-corrected chi connectivity index (χ0v) is 30.2. The Hall–Kier alpha value is -3.85. The number of halogens is 1. The molecule has 0 aromatic heterocycles. The minimum absolute atomic E-state index is 0.107. The smallest absolute Gasteiger partial charge is 0.339 e. The molecule has 6 nitrogen and oxygen atoms in total. The van der Waals surface area contributed by atoms with Gasteiger partial charge in [-0.1, -0.05) is 54.6 Å². The summed E-state index contributed by atoms with van der Waals surface area (Å²) in [5.74, 6) is -0.876. The molecule has 4 rings (SSSR count). The highest BCUT2D eigenvalue weighted by Crippen LogP contribution is 2.49. The van der Waals surface area contributed by atoms with Crippen LogP contribution in [0.5, 0.6) is 0 Å². The van der Waals surface area contributed by atoms with E-state index in [1.165, 1.54) is 7.11 Å². The van der Waals surface area contributed by atoms with Gasteiger partial charge in [-0.25, -0.2) is 4.79 Å². The monoisotopic (exact) mass is 700 g/mol. The third kappa shape index (κ3) is 7.74. The van der Waals surface area contributed by atoms with E-state index in [0.29, 0.717) is 21.3 Å². The number of amides is 1. The molecule has 1 amide bonds. The Morgan fingerprint density at radius 3 is 1.85 bits per heavy atom. The molecule has 0 heterocycles. The van der Waals surface area contributed by atoms with Crippen LogP contribution in [-0.4, -0.2) is 29.7 Å². The number of thiocarbonyl (C=S) groups is 1. The number of anilines is 1. The molecule has 4 aromatic rings. The lowest BCUT2D eigenvalue weighted by Gasteiger charge is -2.31. The van der Waals surface area contributed by atoms with Crippen molar-refractivity contribution in [1.82, 2.24) is 5.32 Å². The number of esters is 1. The third-order valence-corrected chi connectivity index (χ3v) is 8.99. The number of rotatable bonds is 7. The van der Waals surface area contributed by atoms with Crippen molar-refractivity contribution in [3.63, 3.8) is 0 Å². The first kappa shape index (κ1) is 35.0. The van der Waals surface area contributed by atoms with Gasteiger partial charge < -0.3 is 14.8 Å². The molecule has 2 N–H and O–H groups in total. The maximum Gasteiger partial charge on any atom is 0.339 e. The molecular formula is C38H41BrN2O4S. The van der Waals surface area contributed by atoms with E-state index in [0.717, 1.165) is 50.1 Å². The van der Waals surface area contributed by atoms with E-state index in [4.69, 9.17) is 21.7 Å². The van der Waals surface area contributed by atoms with Crippen molar-refractivity contribution in [1.29, 1.82) is 0 Å². The largest absolute Gasteiger partial charge is 0.467 e. The highest BCUT2D eigenvalue weighted by Gasteiger charge is 2.35. The minimum Gasteiger partial charge on any atom is -0.467 e. The first-order valence-corrected chi connectivity index (χ1v) is 16.3. The van der Waals surface area contributed by atoms with Gasteiger partial charge >= 0.3 is 5.97 Å². The van der Waals surface area contributed by atoms with Crippen LogP contribution in [0.4, 0.5) is 5.69 Å². The molecule has 4 aromatic carbocycles. The van der Waals surface area contributed by atoms with Crippen molar-refractivity contribution in [3.05, 3.63) is 110 Å². The second-order valence-electron chi connectivity index (χ2n) is 12.5. The fourth-order valence-electron chi connectivity index (χ4n) is 5.35. The zero-order valence-electron chi connectivity index (χ0n) is 27.8. The van der Waals surface area contributed by atoms with Gasteiger partial charge in [-0.3, -0.25) is 10.1 Å². The summed E-state index contributed by atoms with van der Waals surface area (Å²) in [5, 5.41) is 6.23. The molecule has 0 spiro atoms. The molecule has 1 unspecified atom stereocenters. The molecular weight excluding hydrogens is 660 g/mol. The second-order valence-corrected chi connectivity index (χ2v) is 13.7. The molecule has 0 aliphatic carbocycles. The summed E-state index contributed by atoms with van der Waals surface area (Å²) >= 11 is 9.61. The molecule has 8 heteroatoms. The van der Waals surface area contributed by atoms with Crippen LogP contribution >= 0.6 is 28.1 Å². The predicted octanol–water partition coefficient (Wildman–Crippen LogP) is 9.48.